The first-order chi connectivity index (χ1) is 9.80. The summed E-state index contributed by atoms with van der Waals surface area (Å²) < 4.78 is 0. The normalized spacial score (nSPS) is 10.9. The lowest BCUT2D eigenvalue weighted by Crippen LogP contribution is -2.04. The summed E-state index contributed by atoms with van der Waals surface area (Å²) in [7, 11) is 0. The average Bonchev–Trinajstić information content (AvgIpc) is 2.46. The number of nitrogens with zero attached hydrogens (tertiary/aromatic N) is 2. The molecule has 0 aliphatic carbocycles. The lowest BCUT2D eigenvalue weighted by molar-refractivity contribution is 0.674. The average molecular weight is 275 g/mol. The van der Waals surface area contributed by atoms with E-state index in [1.165, 1.54) is 49.9 Å². The van der Waals surface area contributed by atoms with Crippen molar-refractivity contribution in [3.63, 3.8) is 0 Å². The standard InChI is InChI=1S/C18H31N2/c1-4-7-10-12-16-15-17(13-11-8-5-2)20-18(19-16)14-9-6-3/h15H,3-14H2,1-2H3. The lowest BCUT2D eigenvalue weighted by Gasteiger charge is -2.08. The van der Waals surface area contributed by atoms with Gasteiger partial charge in [-0.05, 0) is 38.2 Å². The van der Waals surface area contributed by atoms with Crippen molar-refractivity contribution in [1.82, 2.24) is 9.97 Å². The molecule has 0 spiro atoms. The van der Waals surface area contributed by atoms with Crippen LogP contribution in [0, 0.1) is 6.92 Å². The Kier molecular flexibility index (Phi) is 9.27. The summed E-state index contributed by atoms with van der Waals surface area (Å²) in [6, 6.07) is 2.24. The van der Waals surface area contributed by atoms with E-state index in [0.29, 0.717) is 0 Å². The number of rotatable bonds is 11. The highest BCUT2D eigenvalue weighted by molar-refractivity contribution is 5.12. The van der Waals surface area contributed by atoms with E-state index in [1.807, 2.05) is 0 Å². The molecular weight excluding hydrogens is 244 g/mol. The quantitative estimate of drug-likeness (QED) is 0.525. The van der Waals surface area contributed by atoms with Crippen LogP contribution in [0.1, 0.15) is 82.4 Å². The molecule has 1 rings (SSSR count). The summed E-state index contributed by atoms with van der Waals surface area (Å²) >= 11 is 0. The SMILES string of the molecule is [CH2]CCCc1nc(CCCCC)cc(CCCCC)n1. The molecule has 0 unspecified atom stereocenters. The molecule has 1 aromatic heterocycles. The van der Waals surface area contributed by atoms with Crippen LogP contribution in [0.2, 0.25) is 0 Å². The number of aryl methyl sites for hydroxylation is 3. The molecule has 1 heterocycles. The summed E-state index contributed by atoms with van der Waals surface area (Å²) in [5.41, 5.74) is 2.50. The van der Waals surface area contributed by atoms with Gasteiger partial charge in [-0.15, -0.1) is 0 Å². The smallest absolute Gasteiger partial charge is 0.128 e. The zero-order valence-electron chi connectivity index (χ0n) is 13.5. The molecule has 0 atom stereocenters. The minimum atomic E-state index is 0.967. The lowest BCUT2D eigenvalue weighted by atomic mass is 10.1. The summed E-state index contributed by atoms with van der Waals surface area (Å²) in [4.78, 5) is 9.46. The Labute approximate surface area is 125 Å². The number of unbranched alkanes of at least 4 members (excludes halogenated alkanes) is 5. The van der Waals surface area contributed by atoms with E-state index in [0.717, 1.165) is 37.9 Å². The van der Waals surface area contributed by atoms with Crippen molar-refractivity contribution in [1.29, 1.82) is 0 Å². The molecule has 2 heteroatoms. The zero-order chi connectivity index (χ0) is 14.6. The fraction of sp³-hybridized carbons (Fsp3) is 0.722. The van der Waals surface area contributed by atoms with Crippen molar-refractivity contribution in [2.45, 2.75) is 84.5 Å². The van der Waals surface area contributed by atoms with Gasteiger partial charge in [0.1, 0.15) is 5.82 Å². The maximum absolute atomic E-state index is 4.73. The molecule has 0 saturated carbocycles. The first kappa shape index (κ1) is 17.1. The van der Waals surface area contributed by atoms with Gasteiger partial charge in [-0.1, -0.05) is 52.9 Å². The Hall–Kier alpha value is -0.920. The first-order valence-electron chi connectivity index (χ1n) is 8.45. The predicted molar refractivity (Wildman–Crippen MR) is 86.8 cm³/mol. The van der Waals surface area contributed by atoms with E-state index in [4.69, 9.17) is 9.97 Å². The highest BCUT2D eigenvalue weighted by Gasteiger charge is 2.05. The van der Waals surface area contributed by atoms with Crippen molar-refractivity contribution in [3.05, 3.63) is 30.2 Å². The maximum atomic E-state index is 4.73. The topological polar surface area (TPSA) is 25.8 Å². The van der Waals surface area contributed by atoms with Crippen molar-refractivity contribution >= 4 is 0 Å². The molecule has 0 amide bonds. The second-order valence-electron chi connectivity index (χ2n) is 5.64. The summed E-state index contributed by atoms with van der Waals surface area (Å²) in [5.74, 6) is 1.04. The van der Waals surface area contributed by atoms with Crippen LogP contribution in [0.3, 0.4) is 0 Å². The third-order valence-electron chi connectivity index (χ3n) is 3.60. The molecule has 1 aromatic rings. The van der Waals surface area contributed by atoms with Crippen LogP contribution in [-0.4, -0.2) is 9.97 Å². The highest BCUT2D eigenvalue weighted by Crippen LogP contribution is 2.11. The minimum Gasteiger partial charge on any atom is -0.238 e. The van der Waals surface area contributed by atoms with Gasteiger partial charge in [-0.25, -0.2) is 9.97 Å². The summed E-state index contributed by atoms with van der Waals surface area (Å²) in [5, 5.41) is 0. The molecule has 0 N–H and O–H groups in total. The molecule has 0 bridgehead atoms. The molecule has 113 valence electrons. The largest absolute Gasteiger partial charge is 0.238 e. The van der Waals surface area contributed by atoms with Gasteiger partial charge in [0, 0.05) is 17.8 Å². The van der Waals surface area contributed by atoms with E-state index in [1.54, 1.807) is 0 Å². The van der Waals surface area contributed by atoms with E-state index in [-0.39, 0.29) is 0 Å². The second kappa shape index (κ2) is 10.8. The van der Waals surface area contributed by atoms with Crippen LogP contribution in [0.15, 0.2) is 6.07 Å². The predicted octanol–water partition coefficient (Wildman–Crippen LogP) is 5.10. The molecule has 2 nitrogen and oxygen atoms in total. The fourth-order valence-corrected chi connectivity index (χ4v) is 2.38. The Morgan fingerprint density at radius 3 is 1.80 bits per heavy atom. The van der Waals surface area contributed by atoms with Gasteiger partial charge in [0.05, 0.1) is 0 Å². The van der Waals surface area contributed by atoms with Gasteiger partial charge in [-0.3, -0.25) is 0 Å². The summed E-state index contributed by atoms with van der Waals surface area (Å²) in [6.07, 6.45) is 12.9. The second-order valence-corrected chi connectivity index (χ2v) is 5.64. The third-order valence-corrected chi connectivity index (χ3v) is 3.60. The molecule has 0 aliphatic heterocycles. The van der Waals surface area contributed by atoms with E-state index < -0.39 is 0 Å². The number of hydrogen-bond acceptors (Lipinski definition) is 2. The number of hydrogen-bond donors (Lipinski definition) is 0. The Bertz CT molecular complexity index is 332. The molecule has 0 aromatic carbocycles. The van der Waals surface area contributed by atoms with E-state index >= 15 is 0 Å². The maximum Gasteiger partial charge on any atom is 0.128 e. The minimum absolute atomic E-state index is 0.967. The van der Waals surface area contributed by atoms with Gasteiger partial charge >= 0.3 is 0 Å². The van der Waals surface area contributed by atoms with Crippen molar-refractivity contribution in [3.8, 4) is 0 Å². The first-order valence-corrected chi connectivity index (χ1v) is 8.45. The molecule has 20 heavy (non-hydrogen) atoms. The van der Waals surface area contributed by atoms with Crippen LogP contribution in [0.25, 0.3) is 0 Å². The molecule has 0 aliphatic rings. The van der Waals surface area contributed by atoms with Crippen LogP contribution < -0.4 is 0 Å². The Balaban J connectivity index is 2.67. The van der Waals surface area contributed by atoms with E-state index in [9.17, 15) is 0 Å². The van der Waals surface area contributed by atoms with Gasteiger partial charge in [0.2, 0.25) is 0 Å². The van der Waals surface area contributed by atoms with Crippen molar-refractivity contribution in [2.24, 2.45) is 0 Å². The third kappa shape index (κ3) is 7.02. The monoisotopic (exact) mass is 275 g/mol. The Morgan fingerprint density at radius 1 is 0.800 bits per heavy atom. The van der Waals surface area contributed by atoms with Gasteiger partial charge in [0.25, 0.3) is 0 Å². The zero-order valence-corrected chi connectivity index (χ0v) is 13.5. The Morgan fingerprint density at radius 2 is 1.35 bits per heavy atom. The van der Waals surface area contributed by atoms with Crippen LogP contribution in [-0.2, 0) is 19.3 Å². The molecule has 0 saturated heterocycles. The van der Waals surface area contributed by atoms with Gasteiger partial charge < -0.3 is 0 Å². The van der Waals surface area contributed by atoms with Crippen LogP contribution >= 0.6 is 0 Å². The van der Waals surface area contributed by atoms with Crippen LogP contribution in [0.4, 0.5) is 0 Å². The summed E-state index contributed by atoms with van der Waals surface area (Å²) in [6.45, 7) is 8.40. The van der Waals surface area contributed by atoms with Crippen LogP contribution in [0.5, 0.6) is 0 Å². The van der Waals surface area contributed by atoms with E-state index in [2.05, 4.69) is 26.8 Å². The molecular formula is C18H31N2. The number of aromatic nitrogens is 2. The fourth-order valence-electron chi connectivity index (χ4n) is 2.38. The molecule has 1 radical (unpaired) electrons. The van der Waals surface area contributed by atoms with Crippen molar-refractivity contribution < 1.29 is 0 Å². The molecule has 0 fully saturated rings. The van der Waals surface area contributed by atoms with Gasteiger partial charge in [0.15, 0.2) is 0 Å². The highest BCUT2D eigenvalue weighted by atomic mass is 14.9. The van der Waals surface area contributed by atoms with Gasteiger partial charge in [-0.2, -0.15) is 0 Å². The van der Waals surface area contributed by atoms with Crippen molar-refractivity contribution in [2.75, 3.05) is 0 Å².